The smallest absolute Gasteiger partial charge is 0.232 e. The second-order valence-corrected chi connectivity index (χ2v) is 5.81. The van der Waals surface area contributed by atoms with Crippen molar-refractivity contribution in [2.24, 2.45) is 5.41 Å². The predicted octanol–water partition coefficient (Wildman–Crippen LogP) is 2.89. The third-order valence-corrected chi connectivity index (χ3v) is 4.25. The molecule has 1 aliphatic heterocycles. The third kappa shape index (κ3) is 3.22. The van der Waals surface area contributed by atoms with Crippen molar-refractivity contribution < 1.29 is 4.79 Å². The molecule has 1 aromatic rings. The van der Waals surface area contributed by atoms with Crippen molar-refractivity contribution in [1.29, 1.82) is 0 Å². The van der Waals surface area contributed by atoms with E-state index < -0.39 is 5.41 Å². The van der Waals surface area contributed by atoms with Crippen LogP contribution in [0.25, 0.3) is 0 Å². The highest BCUT2D eigenvalue weighted by molar-refractivity contribution is 6.38. The molecule has 5 nitrogen and oxygen atoms in total. The molecule has 1 fully saturated rings. The lowest BCUT2D eigenvalue weighted by Crippen LogP contribution is -2.48. The molecule has 1 unspecified atom stereocenters. The molecule has 0 radical (unpaired) electrons. The Labute approximate surface area is 128 Å². The summed E-state index contributed by atoms with van der Waals surface area (Å²) >= 11 is 11.9. The second-order valence-electron chi connectivity index (χ2n) is 5.10. The van der Waals surface area contributed by atoms with E-state index in [1.807, 2.05) is 0 Å². The number of hydrogen-bond acceptors (Lipinski definition) is 4. The van der Waals surface area contributed by atoms with Crippen molar-refractivity contribution in [3.8, 4) is 0 Å². The van der Waals surface area contributed by atoms with Crippen LogP contribution in [0, 0.1) is 5.41 Å². The minimum Gasteiger partial charge on any atom is -0.320 e. The summed E-state index contributed by atoms with van der Waals surface area (Å²) in [5.74, 6) is -0.0647. The van der Waals surface area contributed by atoms with Crippen LogP contribution in [0.3, 0.4) is 0 Å². The number of anilines is 1. The zero-order valence-electron chi connectivity index (χ0n) is 11.4. The van der Waals surface area contributed by atoms with Crippen LogP contribution < -0.4 is 10.6 Å². The van der Waals surface area contributed by atoms with E-state index in [9.17, 15) is 4.79 Å². The zero-order valence-corrected chi connectivity index (χ0v) is 12.9. The molecule has 20 heavy (non-hydrogen) atoms. The Morgan fingerprint density at radius 3 is 2.70 bits per heavy atom. The van der Waals surface area contributed by atoms with Gasteiger partial charge < -0.3 is 10.6 Å². The van der Waals surface area contributed by atoms with Gasteiger partial charge in [0.05, 0.1) is 5.41 Å². The van der Waals surface area contributed by atoms with E-state index in [1.165, 1.54) is 6.33 Å². The number of hydrogen-bond donors (Lipinski definition) is 2. The van der Waals surface area contributed by atoms with E-state index in [4.69, 9.17) is 23.2 Å². The number of carbonyl (C=O) groups is 1. The first-order chi connectivity index (χ1) is 9.59. The lowest BCUT2D eigenvalue weighted by Gasteiger charge is -2.36. The summed E-state index contributed by atoms with van der Waals surface area (Å²) in [6, 6.07) is 0. The maximum atomic E-state index is 12.7. The number of rotatable bonds is 4. The minimum atomic E-state index is -0.407. The van der Waals surface area contributed by atoms with Gasteiger partial charge in [0.1, 0.15) is 12.0 Å². The summed E-state index contributed by atoms with van der Waals surface area (Å²) in [5.41, 5.74) is -0.114. The largest absolute Gasteiger partial charge is 0.320 e. The molecule has 1 aromatic heterocycles. The molecule has 2 heterocycles. The summed E-state index contributed by atoms with van der Waals surface area (Å²) in [6.45, 7) is 3.71. The Hall–Kier alpha value is -0.910. The monoisotopic (exact) mass is 316 g/mol. The van der Waals surface area contributed by atoms with Crippen LogP contribution in [0.4, 0.5) is 5.69 Å². The summed E-state index contributed by atoms with van der Waals surface area (Å²) in [5, 5.41) is 6.43. The average molecular weight is 317 g/mol. The molecular weight excluding hydrogens is 299 g/mol. The predicted molar refractivity (Wildman–Crippen MR) is 80.1 cm³/mol. The van der Waals surface area contributed by atoms with Gasteiger partial charge >= 0.3 is 0 Å². The van der Waals surface area contributed by atoms with E-state index in [-0.39, 0.29) is 16.2 Å². The maximum absolute atomic E-state index is 12.7. The minimum absolute atomic E-state index is 0.0647. The third-order valence-electron chi connectivity index (χ3n) is 3.68. The number of nitrogens with one attached hydrogen (secondary N) is 2. The highest BCUT2D eigenvalue weighted by atomic mass is 35.5. The molecule has 7 heteroatoms. The van der Waals surface area contributed by atoms with Crippen molar-refractivity contribution in [3.63, 3.8) is 0 Å². The van der Waals surface area contributed by atoms with E-state index >= 15 is 0 Å². The van der Waals surface area contributed by atoms with Crippen molar-refractivity contribution >= 4 is 34.8 Å². The van der Waals surface area contributed by atoms with Gasteiger partial charge in [-0.1, -0.05) is 36.5 Å². The standard InChI is InChI=1S/C13H18Cl2N4O/c1-2-4-13(5-3-6-16-7-13)12(20)19-9-10(14)17-8-18-11(9)15/h8,16H,2-7H2,1H3,(H,19,20). The highest BCUT2D eigenvalue weighted by Crippen LogP contribution is 2.35. The Kier molecular flexibility index (Phi) is 5.18. The van der Waals surface area contributed by atoms with Gasteiger partial charge in [-0.3, -0.25) is 4.79 Å². The molecular formula is C13H18Cl2N4O. The van der Waals surface area contributed by atoms with Gasteiger partial charge in [-0.15, -0.1) is 0 Å². The Morgan fingerprint density at radius 2 is 2.15 bits per heavy atom. The van der Waals surface area contributed by atoms with Gasteiger partial charge in [-0.25, -0.2) is 9.97 Å². The number of aromatic nitrogens is 2. The summed E-state index contributed by atoms with van der Waals surface area (Å²) in [4.78, 5) is 20.4. The molecule has 1 saturated heterocycles. The molecule has 1 amide bonds. The van der Waals surface area contributed by atoms with E-state index in [0.717, 1.165) is 32.2 Å². The van der Waals surface area contributed by atoms with Gasteiger partial charge in [0.15, 0.2) is 10.3 Å². The van der Waals surface area contributed by atoms with Gasteiger partial charge in [-0.05, 0) is 25.8 Å². The zero-order chi connectivity index (χ0) is 14.6. The first-order valence-corrected chi connectivity index (χ1v) is 7.53. The van der Waals surface area contributed by atoms with Crippen molar-refractivity contribution in [2.75, 3.05) is 18.4 Å². The number of amides is 1. The number of nitrogens with zero attached hydrogens (tertiary/aromatic N) is 2. The van der Waals surface area contributed by atoms with Crippen molar-refractivity contribution in [3.05, 3.63) is 16.6 Å². The number of carbonyl (C=O) groups excluding carboxylic acids is 1. The van der Waals surface area contributed by atoms with Crippen LogP contribution in [-0.2, 0) is 4.79 Å². The fourth-order valence-corrected chi connectivity index (χ4v) is 3.07. The lowest BCUT2D eigenvalue weighted by molar-refractivity contribution is -0.127. The average Bonchev–Trinajstić information content (AvgIpc) is 2.44. The van der Waals surface area contributed by atoms with Crippen LogP contribution >= 0.6 is 23.2 Å². The van der Waals surface area contributed by atoms with Gasteiger partial charge in [0, 0.05) is 6.54 Å². The number of piperidine rings is 1. The van der Waals surface area contributed by atoms with Crippen LogP contribution in [0.2, 0.25) is 10.3 Å². The summed E-state index contributed by atoms with van der Waals surface area (Å²) in [6.07, 6.45) is 4.89. The Bertz CT molecular complexity index is 463. The Morgan fingerprint density at radius 1 is 1.45 bits per heavy atom. The molecule has 1 atom stereocenters. The van der Waals surface area contributed by atoms with Gasteiger partial charge in [0.2, 0.25) is 5.91 Å². The molecule has 0 spiro atoms. The lowest BCUT2D eigenvalue weighted by atomic mass is 9.76. The van der Waals surface area contributed by atoms with Crippen LogP contribution in [0.15, 0.2) is 6.33 Å². The first-order valence-electron chi connectivity index (χ1n) is 6.77. The molecule has 0 bridgehead atoms. The molecule has 2 N–H and O–H groups in total. The van der Waals surface area contributed by atoms with Crippen molar-refractivity contribution in [1.82, 2.24) is 15.3 Å². The van der Waals surface area contributed by atoms with Gasteiger partial charge in [0.25, 0.3) is 0 Å². The quantitative estimate of drug-likeness (QED) is 0.838. The molecule has 110 valence electrons. The Balaban J connectivity index is 2.20. The topological polar surface area (TPSA) is 66.9 Å². The molecule has 2 rings (SSSR count). The molecule has 0 aliphatic carbocycles. The van der Waals surface area contributed by atoms with Crippen molar-refractivity contribution in [2.45, 2.75) is 32.6 Å². The summed E-state index contributed by atoms with van der Waals surface area (Å²) in [7, 11) is 0. The van der Waals surface area contributed by atoms with E-state index in [2.05, 4.69) is 27.5 Å². The maximum Gasteiger partial charge on any atom is 0.232 e. The SMILES string of the molecule is CCCC1(C(=O)Nc2c(Cl)ncnc2Cl)CCCNC1. The molecule has 0 saturated carbocycles. The summed E-state index contributed by atoms with van der Waals surface area (Å²) < 4.78 is 0. The van der Waals surface area contributed by atoms with E-state index in [0.29, 0.717) is 12.2 Å². The first kappa shape index (κ1) is 15.5. The van der Waals surface area contributed by atoms with Crippen LogP contribution in [0.5, 0.6) is 0 Å². The normalized spacial score (nSPS) is 22.6. The highest BCUT2D eigenvalue weighted by Gasteiger charge is 2.39. The molecule has 0 aromatic carbocycles. The second kappa shape index (κ2) is 6.70. The van der Waals surface area contributed by atoms with Crippen LogP contribution in [0.1, 0.15) is 32.6 Å². The number of halogens is 2. The van der Waals surface area contributed by atoms with Crippen LogP contribution in [-0.4, -0.2) is 29.0 Å². The fourth-order valence-electron chi connectivity index (χ4n) is 2.66. The fraction of sp³-hybridized carbons (Fsp3) is 0.615. The molecule has 1 aliphatic rings. The van der Waals surface area contributed by atoms with Gasteiger partial charge in [-0.2, -0.15) is 0 Å². The van der Waals surface area contributed by atoms with E-state index in [1.54, 1.807) is 0 Å².